The van der Waals surface area contributed by atoms with Gasteiger partial charge in [-0.3, -0.25) is 0 Å². The van der Waals surface area contributed by atoms with E-state index >= 15 is 0 Å². The van der Waals surface area contributed by atoms with Gasteiger partial charge in [-0.25, -0.2) is 22.6 Å². The van der Waals surface area contributed by atoms with Crippen LogP contribution in [0.25, 0.3) is 5.69 Å². The summed E-state index contributed by atoms with van der Waals surface area (Å²) >= 11 is 0. The maximum Gasteiger partial charge on any atom is 0.338 e. The molecule has 0 atom stereocenters. The van der Waals surface area contributed by atoms with Crippen LogP contribution >= 0.6 is 0 Å². The molecule has 1 aromatic heterocycles. The number of rotatable bonds is 8. The van der Waals surface area contributed by atoms with Gasteiger partial charge in [0.05, 0.1) is 28.4 Å². The normalized spacial score (nSPS) is 11.4. The highest BCUT2D eigenvalue weighted by molar-refractivity contribution is 7.89. The van der Waals surface area contributed by atoms with Crippen LogP contribution in [0.15, 0.2) is 59.5 Å². The molecule has 0 fully saturated rings. The average Bonchev–Trinajstić information content (AvgIpc) is 3.06. The second kappa shape index (κ2) is 9.23. The molecule has 30 heavy (non-hydrogen) atoms. The zero-order chi connectivity index (χ0) is 21.7. The highest BCUT2D eigenvalue weighted by atomic mass is 32.2. The van der Waals surface area contributed by atoms with E-state index in [1.807, 2.05) is 48.9 Å². The van der Waals surface area contributed by atoms with Crippen molar-refractivity contribution in [3.63, 3.8) is 0 Å². The van der Waals surface area contributed by atoms with Crippen molar-refractivity contribution >= 4 is 16.0 Å². The molecule has 0 radical (unpaired) electrons. The molecule has 0 unspecified atom stereocenters. The number of benzene rings is 2. The lowest BCUT2D eigenvalue weighted by molar-refractivity contribution is 0.0526. The summed E-state index contributed by atoms with van der Waals surface area (Å²) in [5.41, 5.74) is 4.18. The van der Waals surface area contributed by atoms with Crippen molar-refractivity contribution in [3.8, 4) is 5.69 Å². The number of hydrogen-bond donors (Lipinski definition) is 1. The summed E-state index contributed by atoms with van der Waals surface area (Å²) in [5, 5.41) is 4.46. The summed E-state index contributed by atoms with van der Waals surface area (Å²) in [6.45, 7) is 6.12. The van der Waals surface area contributed by atoms with Crippen molar-refractivity contribution in [2.75, 3.05) is 13.2 Å². The molecule has 0 aliphatic heterocycles. The third-order valence-corrected chi connectivity index (χ3v) is 6.01. The number of aryl methyl sites for hydroxylation is 2. The van der Waals surface area contributed by atoms with E-state index in [-0.39, 0.29) is 23.6 Å². The van der Waals surface area contributed by atoms with Crippen LogP contribution in [0, 0.1) is 13.8 Å². The largest absolute Gasteiger partial charge is 0.462 e. The third-order valence-electron chi connectivity index (χ3n) is 4.55. The minimum atomic E-state index is -3.73. The van der Waals surface area contributed by atoms with Crippen molar-refractivity contribution in [2.24, 2.45) is 0 Å². The van der Waals surface area contributed by atoms with Gasteiger partial charge in [-0.15, -0.1) is 0 Å². The Morgan fingerprint density at radius 2 is 1.83 bits per heavy atom. The first-order chi connectivity index (χ1) is 14.3. The molecule has 7 nitrogen and oxygen atoms in total. The van der Waals surface area contributed by atoms with E-state index in [0.29, 0.717) is 6.42 Å². The molecular formula is C22H25N3O4S. The monoisotopic (exact) mass is 427 g/mol. The highest BCUT2D eigenvalue weighted by Crippen LogP contribution is 2.15. The summed E-state index contributed by atoms with van der Waals surface area (Å²) in [6, 6.07) is 15.7. The molecule has 0 aliphatic rings. The van der Waals surface area contributed by atoms with Crippen LogP contribution in [0.4, 0.5) is 0 Å². The highest BCUT2D eigenvalue weighted by Gasteiger charge is 2.16. The van der Waals surface area contributed by atoms with E-state index in [1.54, 1.807) is 6.92 Å². The molecule has 0 amide bonds. The Bertz CT molecular complexity index is 1140. The van der Waals surface area contributed by atoms with Gasteiger partial charge in [-0.05, 0) is 69.2 Å². The molecule has 2 aromatic carbocycles. The number of nitrogens with zero attached hydrogens (tertiary/aromatic N) is 2. The number of carbonyl (C=O) groups excluding carboxylic acids is 1. The predicted molar refractivity (Wildman–Crippen MR) is 114 cm³/mol. The van der Waals surface area contributed by atoms with Gasteiger partial charge in [0.1, 0.15) is 0 Å². The Labute approximate surface area is 176 Å². The van der Waals surface area contributed by atoms with Crippen molar-refractivity contribution < 1.29 is 17.9 Å². The van der Waals surface area contributed by atoms with Crippen LogP contribution < -0.4 is 4.72 Å². The molecule has 1 N–H and O–H groups in total. The summed E-state index contributed by atoms with van der Waals surface area (Å²) in [4.78, 5) is 11.9. The number of hydrogen-bond acceptors (Lipinski definition) is 5. The van der Waals surface area contributed by atoms with Crippen LogP contribution in [0.1, 0.15) is 34.2 Å². The summed E-state index contributed by atoms with van der Waals surface area (Å²) in [7, 11) is -3.73. The van der Waals surface area contributed by atoms with Crippen LogP contribution in [-0.2, 0) is 21.2 Å². The minimum absolute atomic E-state index is 0.0351. The number of sulfonamides is 1. The fourth-order valence-electron chi connectivity index (χ4n) is 3.11. The smallest absolute Gasteiger partial charge is 0.338 e. The lowest BCUT2D eigenvalue weighted by Crippen LogP contribution is -2.26. The van der Waals surface area contributed by atoms with E-state index in [1.165, 1.54) is 24.3 Å². The Morgan fingerprint density at radius 1 is 1.10 bits per heavy atom. The van der Waals surface area contributed by atoms with Gasteiger partial charge in [-0.2, -0.15) is 5.10 Å². The molecule has 0 bridgehead atoms. The fraction of sp³-hybridized carbons (Fsp3) is 0.273. The fourth-order valence-corrected chi connectivity index (χ4v) is 4.19. The molecule has 0 saturated carbocycles. The first-order valence-corrected chi connectivity index (χ1v) is 11.2. The lowest BCUT2D eigenvalue weighted by Gasteiger charge is -2.09. The van der Waals surface area contributed by atoms with E-state index in [4.69, 9.17) is 4.74 Å². The van der Waals surface area contributed by atoms with Crippen molar-refractivity contribution in [2.45, 2.75) is 32.1 Å². The first-order valence-electron chi connectivity index (χ1n) is 9.69. The predicted octanol–water partition coefficient (Wildman–Crippen LogP) is 3.19. The van der Waals surface area contributed by atoms with E-state index in [9.17, 15) is 13.2 Å². The van der Waals surface area contributed by atoms with E-state index in [2.05, 4.69) is 9.82 Å². The topological polar surface area (TPSA) is 90.3 Å². The molecule has 158 valence electrons. The molecule has 0 saturated heterocycles. The summed E-state index contributed by atoms with van der Waals surface area (Å²) < 4.78 is 34.5. The van der Waals surface area contributed by atoms with Gasteiger partial charge in [0.15, 0.2) is 0 Å². The SMILES string of the molecule is CCOC(=O)c1cccc(S(=O)(=O)NCCc2ccc(-n3nc(C)cc3C)cc2)c1. The standard InChI is InChI=1S/C22H25N3O4S/c1-4-29-22(26)19-6-5-7-21(15-19)30(27,28)23-13-12-18-8-10-20(11-9-18)25-17(3)14-16(2)24-25/h5-11,14-15,23H,4,12-13H2,1-3H3. The van der Waals surface area contributed by atoms with Crippen molar-refractivity contribution in [3.05, 3.63) is 77.1 Å². The Balaban J connectivity index is 1.62. The van der Waals surface area contributed by atoms with Crippen LogP contribution in [0.2, 0.25) is 0 Å². The van der Waals surface area contributed by atoms with Gasteiger partial charge < -0.3 is 4.74 Å². The molecule has 0 aliphatic carbocycles. The molecular weight excluding hydrogens is 402 g/mol. The third kappa shape index (κ3) is 5.14. The van der Waals surface area contributed by atoms with E-state index < -0.39 is 16.0 Å². The lowest BCUT2D eigenvalue weighted by atomic mass is 10.1. The minimum Gasteiger partial charge on any atom is -0.462 e. The van der Waals surface area contributed by atoms with E-state index in [0.717, 1.165) is 22.6 Å². The average molecular weight is 428 g/mol. The van der Waals surface area contributed by atoms with Gasteiger partial charge in [0.2, 0.25) is 10.0 Å². The van der Waals surface area contributed by atoms with Crippen molar-refractivity contribution in [1.82, 2.24) is 14.5 Å². The zero-order valence-corrected chi connectivity index (χ0v) is 18.1. The molecule has 3 rings (SSSR count). The molecule has 8 heteroatoms. The number of carbonyl (C=O) groups is 1. The van der Waals surface area contributed by atoms with Crippen LogP contribution in [-0.4, -0.2) is 37.3 Å². The summed E-state index contributed by atoms with van der Waals surface area (Å²) in [5.74, 6) is -0.544. The first kappa shape index (κ1) is 21.7. The number of nitrogens with one attached hydrogen (secondary N) is 1. The maximum atomic E-state index is 12.6. The Hall–Kier alpha value is -2.97. The number of ether oxygens (including phenoxy) is 1. The van der Waals surface area contributed by atoms with Gasteiger partial charge in [-0.1, -0.05) is 18.2 Å². The van der Waals surface area contributed by atoms with Gasteiger partial charge in [0.25, 0.3) is 0 Å². The quantitative estimate of drug-likeness (QED) is 0.558. The maximum absolute atomic E-state index is 12.6. The van der Waals surface area contributed by atoms with Gasteiger partial charge in [0, 0.05) is 12.2 Å². The molecule has 3 aromatic rings. The Morgan fingerprint density at radius 3 is 2.47 bits per heavy atom. The summed E-state index contributed by atoms with van der Waals surface area (Å²) in [6.07, 6.45) is 0.536. The zero-order valence-electron chi connectivity index (χ0n) is 17.3. The molecule has 1 heterocycles. The van der Waals surface area contributed by atoms with Gasteiger partial charge >= 0.3 is 5.97 Å². The Kier molecular flexibility index (Phi) is 6.69. The number of aromatic nitrogens is 2. The number of esters is 1. The van der Waals surface area contributed by atoms with Crippen molar-refractivity contribution in [1.29, 1.82) is 0 Å². The second-order valence-electron chi connectivity index (χ2n) is 6.90. The van der Waals surface area contributed by atoms with Crippen LogP contribution in [0.5, 0.6) is 0 Å². The van der Waals surface area contributed by atoms with Crippen LogP contribution in [0.3, 0.4) is 0 Å². The molecule has 0 spiro atoms. The second-order valence-corrected chi connectivity index (χ2v) is 8.67.